The number of halogens is 1. The highest BCUT2D eigenvalue weighted by Crippen LogP contribution is 2.23. The lowest BCUT2D eigenvalue weighted by atomic mass is 9.94. The Bertz CT molecular complexity index is 608. The minimum atomic E-state index is 0.509. The number of rotatable bonds is 2. The molecule has 94 valence electrons. The monoisotopic (exact) mass is 279 g/mol. The van der Waals surface area contributed by atoms with E-state index in [2.05, 4.69) is 5.10 Å². The van der Waals surface area contributed by atoms with Crippen molar-refractivity contribution in [1.29, 1.82) is 0 Å². The molecule has 0 atom stereocenters. The van der Waals surface area contributed by atoms with Crippen LogP contribution in [0.4, 0.5) is 0 Å². The molecule has 5 heteroatoms. The molecule has 1 aromatic carbocycles. The Morgan fingerprint density at radius 3 is 2.67 bits per heavy atom. The van der Waals surface area contributed by atoms with Crippen LogP contribution < -0.4 is 4.80 Å². The van der Waals surface area contributed by atoms with Gasteiger partial charge in [0.25, 0.3) is 0 Å². The van der Waals surface area contributed by atoms with Gasteiger partial charge >= 0.3 is 0 Å². The molecule has 1 fully saturated rings. The number of nitrogens with zero attached hydrogens (tertiary/aromatic N) is 3. The van der Waals surface area contributed by atoms with Gasteiger partial charge in [0.15, 0.2) is 0 Å². The molecule has 0 unspecified atom stereocenters. The maximum Gasteiger partial charge on any atom is 0.203 e. The number of benzene rings is 1. The summed E-state index contributed by atoms with van der Waals surface area (Å²) in [6.07, 6.45) is 3.74. The maximum absolute atomic E-state index is 5.89. The zero-order valence-corrected chi connectivity index (χ0v) is 11.7. The van der Waals surface area contributed by atoms with E-state index in [1.54, 1.807) is 11.3 Å². The van der Waals surface area contributed by atoms with Crippen molar-refractivity contribution in [3.05, 3.63) is 34.1 Å². The lowest BCUT2D eigenvalue weighted by Crippen LogP contribution is -2.21. The highest BCUT2D eigenvalue weighted by Gasteiger charge is 2.16. The van der Waals surface area contributed by atoms with E-state index in [1.807, 2.05) is 36.0 Å². The van der Waals surface area contributed by atoms with Gasteiger partial charge in [-0.25, -0.2) is 4.68 Å². The molecule has 1 heterocycles. The standard InChI is InChI=1S/C13H14ClN3S/c1-17-13(15-11-3-2-4-11)18-12(16-17)9-5-7-10(14)8-6-9/h5-8,11H,2-4H2,1H3/b15-13+. The van der Waals surface area contributed by atoms with Crippen molar-refractivity contribution in [2.75, 3.05) is 0 Å². The summed E-state index contributed by atoms with van der Waals surface area (Å²) in [7, 11) is 1.95. The summed E-state index contributed by atoms with van der Waals surface area (Å²) in [5.74, 6) is 0. The van der Waals surface area contributed by atoms with Crippen molar-refractivity contribution in [2.45, 2.75) is 25.3 Å². The molecule has 1 aromatic heterocycles. The molecule has 0 radical (unpaired) electrons. The van der Waals surface area contributed by atoms with Crippen molar-refractivity contribution < 1.29 is 0 Å². The van der Waals surface area contributed by atoms with E-state index in [9.17, 15) is 0 Å². The Hall–Kier alpha value is -1.13. The third-order valence-corrected chi connectivity index (χ3v) is 4.48. The largest absolute Gasteiger partial charge is 0.254 e. The van der Waals surface area contributed by atoms with Crippen LogP contribution in [0.25, 0.3) is 10.6 Å². The van der Waals surface area contributed by atoms with Gasteiger partial charge in [-0.2, -0.15) is 5.10 Å². The fourth-order valence-electron chi connectivity index (χ4n) is 1.84. The van der Waals surface area contributed by atoms with Gasteiger partial charge in [-0.15, -0.1) is 0 Å². The molecule has 0 bridgehead atoms. The highest BCUT2D eigenvalue weighted by molar-refractivity contribution is 7.12. The predicted octanol–water partition coefficient (Wildman–Crippen LogP) is 3.26. The molecule has 2 aromatic rings. The molecule has 0 N–H and O–H groups in total. The fourth-order valence-corrected chi connectivity index (χ4v) is 2.93. The molecule has 1 saturated carbocycles. The molecule has 3 nitrogen and oxygen atoms in total. The molecule has 0 amide bonds. The molecule has 0 saturated heterocycles. The van der Waals surface area contributed by atoms with Crippen molar-refractivity contribution in [2.24, 2.45) is 12.0 Å². The molecule has 0 aliphatic heterocycles. The minimum Gasteiger partial charge on any atom is -0.254 e. The lowest BCUT2D eigenvalue weighted by Gasteiger charge is -2.19. The van der Waals surface area contributed by atoms with Crippen LogP contribution in [0.2, 0.25) is 5.02 Å². The van der Waals surface area contributed by atoms with Crippen LogP contribution in [-0.4, -0.2) is 15.8 Å². The lowest BCUT2D eigenvalue weighted by molar-refractivity contribution is 0.409. The van der Waals surface area contributed by atoms with E-state index in [0.717, 1.165) is 20.4 Å². The van der Waals surface area contributed by atoms with Crippen LogP contribution >= 0.6 is 22.9 Å². The average Bonchev–Trinajstić information content (AvgIpc) is 2.66. The van der Waals surface area contributed by atoms with Gasteiger partial charge in [-0.3, -0.25) is 4.99 Å². The topological polar surface area (TPSA) is 30.2 Å². The van der Waals surface area contributed by atoms with E-state index in [-0.39, 0.29) is 0 Å². The SMILES string of the molecule is Cn1nc(-c2ccc(Cl)cc2)s/c1=N/C1CCC1. The molecule has 1 aliphatic carbocycles. The Kier molecular flexibility index (Phi) is 3.22. The van der Waals surface area contributed by atoms with Crippen LogP contribution in [-0.2, 0) is 7.05 Å². The van der Waals surface area contributed by atoms with Crippen molar-refractivity contribution in [3.8, 4) is 10.6 Å². The fraction of sp³-hybridized carbons (Fsp3) is 0.385. The van der Waals surface area contributed by atoms with E-state index in [1.165, 1.54) is 19.3 Å². The highest BCUT2D eigenvalue weighted by atomic mass is 35.5. The minimum absolute atomic E-state index is 0.509. The third kappa shape index (κ3) is 2.35. The maximum atomic E-state index is 5.89. The normalized spacial score (nSPS) is 16.9. The van der Waals surface area contributed by atoms with E-state index < -0.39 is 0 Å². The Morgan fingerprint density at radius 1 is 1.33 bits per heavy atom. The summed E-state index contributed by atoms with van der Waals surface area (Å²) in [6.45, 7) is 0. The Balaban J connectivity index is 1.96. The van der Waals surface area contributed by atoms with Crippen molar-refractivity contribution in [3.63, 3.8) is 0 Å². The van der Waals surface area contributed by atoms with Gasteiger partial charge < -0.3 is 0 Å². The molecule has 3 rings (SSSR count). The van der Waals surface area contributed by atoms with Crippen LogP contribution in [0.15, 0.2) is 29.3 Å². The number of aryl methyl sites for hydroxylation is 1. The first kappa shape index (κ1) is 11.9. The quantitative estimate of drug-likeness (QED) is 0.830. The molecule has 0 spiro atoms. The zero-order chi connectivity index (χ0) is 12.5. The number of hydrogen-bond acceptors (Lipinski definition) is 3. The van der Waals surface area contributed by atoms with E-state index >= 15 is 0 Å². The first-order valence-electron chi connectivity index (χ1n) is 6.06. The summed E-state index contributed by atoms with van der Waals surface area (Å²) in [5, 5.41) is 6.26. The summed E-state index contributed by atoms with van der Waals surface area (Å²) in [4.78, 5) is 5.72. The second-order valence-corrected chi connectivity index (χ2v) is 5.93. The molecule has 1 aliphatic rings. The summed E-state index contributed by atoms with van der Waals surface area (Å²) in [6, 6.07) is 8.28. The van der Waals surface area contributed by atoms with Gasteiger partial charge in [0, 0.05) is 17.6 Å². The molecule has 18 heavy (non-hydrogen) atoms. The zero-order valence-electron chi connectivity index (χ0n) is 10.1. The van der Waals surface area contributed by atoms with Crippen LogP contribution in [0.3, 0.4) is 0 Å². The first-order valence-corrected chi connectivity index (χ1v) is 7.26. The van der Waals surface area contributed by atoms with Crippen molar-refractivity contribution in [1.82, 2.24) is 9.78 Å². The third-order valence-electron chi connectivity index (χ3n) is 3.16. The number of hydrogen-bond donors (Lipinski definition) is 0. The van der Waals surface area contributed by atoms with Crippen LogP contribution in [0, 0.1) is 0 Å². The van der Waals surface area contributed by atoms with Gasteiger partial charge in [-0.1, -0.05) is 35.1 Å². The summed E-state index contributed by atoms with van der Waals surface area (Å²) < 4.78 is 1.87. The van der Waals surface area contributed by atoms with Gasteiger partial charge in [0.2, 0.25) is 4.80 Å². The average molecular weight is 280 g/mol. The van der Waals surface area contributed by atoms with E-state index in [4.69, 9.17) is 16.6 Å². The predicted molar refractivity (Wildman–Crippen MR) is 74.7 cm³/mol. The van der Waals surface area contributed by atoms with Gasteiger partial charge in [-0.05, 0) is 31.4 Å². The second-order valence-electron chi connectivity index (χ2n) is 4.53. The van der Waals surface area contributed by atoms with Crippen LogP contribution in [0.1, 0.15) is 19.3 Å². The Morgan fingerprint density at radius 2 is 2.06 bits per heavy atom. The summed E-state index contributed by atoms with van der Waals surface area (Å²) in [5.41, 5.74) is 1.09. The number of aromatic nitrogens is 2. The second kappa shape index (κ2) is 4.86. The van der Waals surface area contributed by atoms with Crippen molar-refractivity contribution >= 4 is 22.9 Å². The summed E-state index contributed by atoms with van der Waals surface area (Å²) >= 11 is 7.53. The smallest absolute Gasteiger partial charge is 0.203 e. The molecular weight excluding hydrogens is 266 g/mol. The van der Waals surface area contributed by atoms with Gasteiger partial charge in [0.1, 0.15) is 5.01 Å². The first-order chi connectivity index (χ1) is 8.72. The van der Waals surface area contributed by atoms with Gasteiger partial charge in [0.05, 0.1) is 6.04 Å². The van der Waals surface area contributed by atoms with E-state index in [0.29, 0.717) is 6.04 Å². The van der Waals surface area contributed by atoms with Crippen LogP contribution in [0.5, 0.6) is 0 Å². The Labute approximate surface area is 115 Å². The molecular formula is C13H14ClN3S.